The highest BCUT2D eigenvalue weighted by molar-refractivity contribution is 5.88. The van der Waals surface area contributed by atoms with Gasteiger partial charge in [-0.1, -0.05) is 30.3 Å². The molecule has 0 atom stereocenters. The average molecular weight is 414 g/mol. The number of nitrogens with two attached hydrogens (primary N) is 1. The summed E-state index contributed by atoms with van der Waals surface area (Å²) in [6, 6.07) is 22.1. The maximum absolute atomic E-state index is 12.5. The summed E-state index contributed by atoms with van der Waals surface area (Å²) in [5, 5.41) is 0.769. The van der Waals surface area contributed by atoms with Crippen LogP contribution >= 0.6 is 0 Å². The van der Waals surface area contributed by atoms with Gasteiger partial charge in [0, 0.05) is 28.9 Å². The number of nitrogens with zero attached hydrogens (tertiary/aromatic N) is 1. The zero-order chi connectivity index (χ0) is 21.6. The SMILES string of the molecule is COc1cc2nccc(Oc3ccc(N)cc3)c2cc1CC(=O)OCc1ccccc1. The van der Waals surface area contributed by atoms with Crippen molar-refractivity contribution in [2.24, 2.45) is 0 Å². The normalized spacial score (nSPS) is 10.6. The van der Waals surface area contributed by atoms with E-state index in [-0.39, 0.29) is 19.0 Å². The first kappa shape index (κ1) is 20.2. The highest BCUT2D eigenvalue weighted by Crippen LogP contribution is 2.33. The number of carbonyl (C=O) groups is 1. The van der Waals surface area contributed by atoms with Gasteiger partial charge in [-0.15, -0.1) is 0 Å². The Bertz CT molecular complexity index is 1190. The molecule has 31 heavy (non-hydrogen) atoms. The Morgan fingerprint density at radius 2 is 1.74 bits per heavy atom. The Morgan fingerprint density at radius 1 is 0.968 bits per heavy atom. The number of ether oxygens (including phenoxy) is 3. The molecule has 0 fully saturated rings. The molecule has 0 aliphatic rings. The number of anilines is 1. The number of methoxy groups -OCH3 is 1. The molecule has 0 radical (unpaired) electrons. The minimum absolute atomic E-state index is 0.0716. The zero-order valence-electron chi connectivity index (χ0n) is 17.1. The summed E-state index contributed by atoms with van der Waals surface area (Å²) in [5.74, 6) is 1.50. The fourth-order valence-electron chi connectivity index (χ4n) is 3.22. The topological polar surface area (TPSA) is 83.7 Å². The molecule has 0 aliphatic carbocycles. The van der Waals surface area contributed by atoms with E-state index >= 15 is 0 Å². The monoisotopic (exact) mass is 414 g/mol. The second-order valence-electron chi connectivity index (χ2n) is 6.98. The van der Waals surface area contributed by atoms with Gasteiger partial charge >= 0.3 is 5.97 Å². The van der Waals surface area contributed by atoms with Crippen molar-refractivity contribution >= 4 is 22.6 Å². The lowest BCUT2D eigenvalue weighted by Crippen LogP contribution is -2.09. The molecular weight excluding hydrogens is 392 g/mol. The maximum atomic E-state index is 12.5. The van der Waals surface area contributed by atoms with Gasteiger partial charge in [-0.25, -0.2) is 0 Å². The first-order valence-electron chi connectivity index (χ1n) is 9.81. The van der Waals surface area contributed by atoms with Crippen molar-refractivity contribution in [2.75, 3.05) is 12.8 Å². The summed E-state index contributed by atoms with van der Waals surface area (Å²) >= 11 is 0. The quantitative estimate of drug-likeness (QED) is 0.342. The van der Waals surface area contributed by atoms with Crippen molar-refractivity contribution in [3.05, 3.63) is 90.1 Å². The lowest BCUT2D eigenvalue weighted by atomic mass is 10.1. The first-order chi connectivity index (χ1) is 15.1. The number of pyridine rings is 1. The summed E-state index contributed by atoms with van der Waals surface area (Å²) < 4.78 is 16.9. The van der Waals surface area contributed by atoms with Gasteiger partial charge in [0.05, 0.1) is 19.0 Å². The Labute approximate surface area is 180 Å². The molecule has 0 unspecified atom stereocenters. The fourth-order valence-corrected chi connectivity index (χ4v) is 3.22. The van der Waals surface area contributed by atoms with E-state index in [2.05, 4.69) is 4.98 Å². The molecule has 0 bridgehead atoms. The van der Waals surface area contributed by atoms with E-state index in [0.717, 1.165) is 10.9 Å². The predicted molar refractivity (Wildman–Crippen MR) is 119 cm³/mol. The van der Waals surface area contributed by atoms with Crippen LogP contribution in [0, 0.1) is 0 Å². The first-order valence-corrected chi connectivity index (χ1v) is 9.81. The molecule has 4 rings (SSSR count). The van der Waals surface area contributed by atoms with Crippen LogP contribution < -0.4 is 15.2 Å². The van der Waals surface area contributed by atoms with E-state index < -0.39 is 0 Å². The van der Waals surface area contributed by atoms with Gasteiger partial charge in [0.1, 0.15) is 23.9 Å². The van der Waals surface area contributed by atoms with Crippen LogP contribution in [-0.2, 0) is 22.6 Å². The van der Waals surface area contributed by atoms with Crippen LogP contribution in [0.3, 0.4) is 0 Å². The molecule has 0 aliphatic heterocycles. The van der Waals surface area contributed by atoms with E-state index in [0.29, 0.717) is 34.0 Å². The fraction of sp³-hybridized carbons (Fsp3) is 0.120. The van der Waals surface area contributed by atoms with Crippen LogP contribution in [0.4, 0.5) is 5.69 Å². The summed E-state index contributed by atoms with van der Waals surface area (Å²) in [7, 11) is 1.56. The van der Waals surface area contributed by atoms with Crippen molar-refractivity contribution in [3.8, 4) is 17.2 Å². The number of benzene rings is 3. The number of hydrogen-bond donors (Lipinski definition) is 1. The molecule has 1 aromatic heterocycles. The van der Waals surface area contributed by atoms with Crippen LogP contribution in [0.5, 0.6) is 17.2 Å². The second-order valence-corrected chi connectivity index (χ2v) is 6.98. The van der Waals surface area contributed by atoms with Crippen LogP contribution in [0.1, 0.15) is 11.1 Å². The third-order valence-electron chi connectivity index (χ3n) is 4.79. The van der Waals surface area contributed by atoms with Crippen LogP contribution in [0.15, 0.2) is 79.0 Å². The Hall–Kier alpha value is -4.06. The van der Waals surface area contributed by atoms with Gasteiger partial charge < -0.3 is 19.9 Å². The summed E-state index contributed by atoms with van der Waals surface area (Å²) in [6.07, 6.45) is 1.74. The van der Waals surface area contributed by atoms with E-state index in [1.807, 2.05) is 36.4 Å². The molecule has 2 N–H and O–H groups in total. The van der Waals surface area contributed by atoms with Gasteiger partial charge in [0.25, 0.3) is 0 Å². The molecule has 0 spiro atoms. The van der Waals surface area contributed by atoms with Crippen LogP contribution in [0.25, 0.3) is 10.9 Å². The highest BCUT2D eigenvalue weighted by atomic mass is 16.5. The number of carbonyl (C=O) groups excluding carboxylic acids is 1. The summed E-state index contributed by atoms with van der Waals surface area (Å²) in [5.41, 5.74) is 8.74. The molecule has 0 amide bonds. The highest BCUT2D eigenvalue weighted by Gasteiger charge is 2.15. The van der Waals surface area contributed by atoms with E-state index in [1.165, 1.54) is 0 Å². The number of fused-ring (bicyclic) bond motifs is 1. The predicted octanol–water partition coefficient (Wildman–Crippen LogP) is 4.90. The van der Waals surface area contributed by atoms with E-state index in [1.54, 1.807) is 49.7 Å². The molecule has 4 aromatic rings. The van der Waals surface area contributed by atoms with Gasteiger partial charge in [-0.2, -0.15) is 0 Å². The summed E-state index contributed by atoms with van der Waals surface area (Å²) in [4.78, 5) is 16.9. The number of nitrogen functional groups attached to an aromatic ring is 1. The molecule has 156 valence electrons. The number of esters is 1. The largest absolute Gasteiger partial charge is 0.496 e. The van der Waals surface area contributed by atoms with Crippen molar-refractivity contribution < 1.29 is 19.0 Å². The maximum Gasteiger partial charge on any atom is 0.310 e. The molecule has 6 nitrogen and oxygen atoms in total. The molecule has 1 heterocycles. The van der Waals surface area contributed by atoms with Crippen molar-refractivity contribution in [3.63, 3.8) is 0 Å². The van der Waals surface area contributed by atoms with E-state index in [4.69, 9.17) is 19.9 Å². The van der Waals surface area contributed by atoms with E-state index in [9.17, 15) is 4.79 Å². The smallest absolute Gasteiger partial charge is 0.310 e. The lowest BCUT2D eigenvalue weighted by Gasteiger charge is -2.13. The Balaban J connectivity index is 1.58. The average Bonchev–Trinajstić information content (AvgIpc) is 2.80. The lowest BCUT2D eigenvalue weighted by molar-refractivity contribution is -0.144. The Morgan fingerprint density at radius 3 is 2.48 bits per heavy atom. The third kappa shape index (κ3) is 4.93. The van der Waals surface area contributed by atoms with Crippen LogP contribution in [-0.4, -0.2) is 18.1 Å². The third-order valence-corrected chi connectivity index (χ3v) is 4.79. The molecule has 6 heteroatoms. The van der Waals surface area contributed by atoms with Gasteiger partial charge in [0.15, 0.2) is 0 Å². The molecular formula is C25H22N2O4. The Kier molecular flexibility index (Phi) is 5.98. The number of hydrogen-bond acceptors (Lipinski definition) is 6. The molecule has 3 aromatic carbocycles. The number of rotatable bonds is 7. The molecule has 0 saturated heterocycles. The molecule has 0 saturated carbocycles. The number of aromatic nitrogens is 1. The minimum Gasteiger partial charge on any atom is -0.496 e. The van der Waals surface area contributed by atoms with Crippen molar-refractivity contribution in [2.45, 2.75) is 13.0 Å². The zero-order valence-corrected chi connectivity index (χ0v) is 17.1. The van der Waals surface area contributed by atoms with Gasteiger partial charge in [-0.05, 0) is 42.0 Å². The van der Waals surface area contributed by atoms with Gasteiger partial charge in [-0.3, -0.25) is 9.78 Å². The van der Waals surface area contributed by atoms with Crippen LogP contribution in [0.2, 0.25) is 0 Å². The second kappa shape index (κ2) is 9.17. The van der Waals surface area contributed by atoms with Gasteiger partial charge in [0.2, 0.25) is 0 Å². The van der Waals surface area contributed by atoms with Crippen molar-refractivity contribution in [1.29, 1.82) is 0 Å². The standard InChI is InChI=1S/C25H22N2O4/c1-29-24-15-22-21(23(11-12-27-22)31-20-9-7-19(26)8-10-20)13-18(24)14-25(28)30-16-17-5-3-2-4-6-17/h2-13,15H,14,16,26H2,1H3. The minimum atomic E-state index is -0.341. The summed E-state index contributed by atoms with van der Waals surface area (Å²) in [6.45, 7) is 0.225. The van der Waals surface area contributed by atoms with Crippen molar-refractivity contribution in [1.82, 2.24) is 4.98 Å².